The highest BCUT2D eigenvalue weighted by molar-refractivity contribution is 6.01. The van der Waals surface area contributed by atoms with Gasteiger partial charge in [-0.05, 0) is 170 Å². The number of amides is 12. The Balaban J connectivity index is 1.21. The molecular formula is C79H124F6N12O13. The van der Waals surface area contributed by atoms with Crippen LogP contribution in [0.3, 0.4) is 0 Å². The lowest BCUT2D eigenvalue weighted by molar-refractivity contribution is -0.201. The lowest BCUT2D eigenvalue weighted by Gasteiger charge is -2.54. The predicted octanol–water partition coefficient (Wildman–Crippen LogP) is 7.48. The third-order valence-corrected chi connectivity index (χ3v) is 25.5. The van der Waals surface area contributed by atoms with E-state index < -0.39 is 204 Å². The number of halogens is 6. The molecule has 8 aliphatic rings. The van der Waals surface area contributed by atoms with Crippen molar-refractivity contribution in [1.29, 1.82) is 0 Å². The molecule has 3 heterocycles. The smallest absolute Gasteiger partial charge is 0.377 e. The summed E-state index contributed by atoms with van der Waals surface area (Å²) in [5.41, 5.74) is -2.23. The van der Waals surface area contributed by atoms with Gasteiger partial charge in [-0.15, -0.1) is 0 Å². The van der Waals surface area contributed by atoms with Gasteiger partial charge in [-0.1, -0.05) is 72.5 Å². The fourth-order valence-electron chi connectivity index (χ4n) is 19.0. The van der Waals surface area contributed by atoms with E-state index in [-0.39, 0.29) is 134 Å². The second-order valence-electron chi connectivity index (χ2n) is 34.4. The first-order valence-corrected chi connectivity index (χ1v) is 40.3. The second kappa shape index (κ2) is 37.3. The molecule has 8 rings (SSSR count). The Kier molecular flexibility index (Phi) is 30.0. The number of carbonyl (C=O) groups excluding carboxylic acids is 12. The van der Waals surface area contributed by atoms with E-state index in [0.29, 0.717) is 51.4 Å². The van der Waals surface area contributed by atoms with Crippen LogP contribution in [0.2, 0.25) is 0 Å². The number of nitrogens with zero attached hydrogens (tertiary/aromatic N) is 9. The van der Waals surface area contributed by atoms with E-state index in [4.69, 9.17) is 4.74 Å². The van der Waals surface area contributed by atoms with Crippen LogP contribution in [0.15, 0.2) is 12.2 Å². The summed E-state index contributed by atoms with van der Waals surface area (Å²) in [5, 5.41) is 8.78. The first-order valence-electron chi connectivity index (χ1n) is 40.3. The highest BCUT2D eigenvalue weighted by atomic mass is 19.4. The van der Waals surface area contributed by atoms with Gasteiger partial charge >= 0.3 is 12.4 Å². The summed E-state index contributed by atoms with van der Waals surface area (Å²) in [4.78, 5) is 193. The number of hydrogen-bond donors (Lipinski definition) is 3. The van der Waals surface area contributed by atoms with E-state index in [1.165, 1.54) is 85.8 Å². The number of nitrogens with one attached hydrogen (secondary N) is 3. The molecule has 110 heavy (non-hydrogen) atoms. The lowest BCUT2D eigenvalue weighted by atomic mass is 9.58. The number of alkyl halides is 6. The molecule has 0 radical (unpaired) electrons. The average Bonchev–Trinajstić information content (AvgIpc) is 1.15. The standard InChI is InChI=1S/C79H124F6N12O13/c1-15-23-57-67(101)87-65(47(4)16-2)73(107)91(10)44-64(100)93(12)58-26-19-18-22-37-96(72(58)106)61(39-49-27-33-52(34-28-49)78(80,81)82)71(105)90(9)43-62(98)86-56(36-30-48-29-35-55(79(83,84)85)54(38-48)50-31-32-50)69(103)97-42-53(110-17-3)40-59(97)68(102)88-77(45-76(5,6)46-77)75(109)95(14)66(51-24-20-21-25-51)74(108)94(13)60(70(104)89(7)8)41-63(99)92(57)11/h18-19,47-61,65-66H,15-17,20-46H2,1-14H3,(H,86,98)(H,87,101)(H,88,102)/b19-18-/t47-,48?,49?,52?,53+,54?,55?,56-,57-,58-,59-,60-,61-,65-,66-/m0/s1. The zero-order valence-electron chi connectivity index (χ0n) is 67.3. The quantitative estimate of drug-likeness (QED) is 0.112. The molecule has 13 atom stereocenters. The topological polar surface area (TPSA) is 279 Å². The molecule has 0 aromatic rings. The fraction of sp³-hybridized carbons (Fsp3) is 0.823. The maximum atomic E-state index is 15.8. The summed E-state index contributed by atoms with van der Waals surface area (Å²) in [6.45, 7) is 9.38. The summed E-state index contributed by atoms with van der Waals surface area (Å²) >= 11 is 0. The predicted molar refractivity (Wildman–Crippen MR) is 397 cm³/mol. The summed E-state index contributed by atoms with van der Waals surface area (Å²) in [6, 6.07) is -10.8. The molecule has 0 aromatic heterocycles. The minimum absolute atomic E-state index is 0.0445. The van der Waals surface area contributed by atoms with Crippen molar-refractivity contribution < 1.29 is 88.6 Å². The Bertz CT molecular complexity index is 3330. The van der Waals surface area contributed by atoms with Gasteiger partial charge in [-0.3, -0.25) is 57.5 Å². The van der Waals surface area contributed by atoms with Crippen LogP contribution in [-0.2, 0) is 62.3 Å². The number of carbonyl (C=O) groups is 12. The van der Waals surface area contributed by atoms with Crippen molar-refractivity contribution in [3.05, 3.63) is 12.2 Å². The highest BCUT2D eigenvalue weighted by Gasteiger charge is 2.60. The minimum Gasteiger partial charge on any atom is -0.377 e. The highest BCUT2D eigenvalue weighted by Crippen LogP contribution is 2.54. The van der Waals surface area contributed by atoms with Crippen LogP contribution in [0.1, 0.15) is 202 Å². The average molecular weight is 1560 g/mol. The molecule has 7 fully saturated rings. The van der Waals surface area contributed by atoms with Gasteiger partial charge in [-0.2, -0.15) is 26.3 Å². The van der Waals surface area contributed by atoms with E-state index in [1.54, 1.807) is 39.8 Å². The van der Waals surface area contributed by atoms with Gasteiger partial charge in [-0.25, -0.2) is 0 Å². The van der Waals surface area contributed by atoms with Crippen molar-refractivity contribution in [2.24, 2.45) is 52.8 Å². The molecular weight excluding hydrogens is 1440 g/mol. The number of hydrogen-bond acceptors (Lipinski definition) is 13. The van der Waals surface area contributed by atoms with Crippen LogP contribution in [0.5, 0.6) is 0 Å². The van der Waals surface area contributed by atoms with Gasteiger partial charge < -0.3 is 64.8 Å². The van der Waals surface area contributed by atoms with Gasteiger partial charge in [0.1, 0.15) is 53.9 Å². The van der Waals surface area contributed by atoms with Crippen molar-refractivity contribution in [3.63, 3.8) is 0 Å². The van der Waals surface area contributed by atoms with E-state index in [0.717, 1.165) is 14.7 Å². The van der Waals surface area contributed by atoms with Crippen molar-refractivity contribution in [2.45, 2.75) is 274 Å². The van der Waals surface area contributed by atoms with Crippen molar-refractivity contribution in [3.8, 4) is 0 Å². The van der Waals surface area contributed by atoms with Gasteiger partial charge in [0.05, 0.1) is 37.5 Å². The third kappa shape index (κ3) is 21.2. The zero-order chi connectivity index (χ0) is 81.4. The zero-order valence-corrected chi connectivity index (χ0v) is 67.3. The number of ether oxygens (including phenoxy) is 1. The van der Waals surface area contributed by atoms with Crippen molar-refractivity contribution >= 4 is 70.9 Å². The van der Waals surface area contributed by atoms with Crippen LogP contribution in [0.25, 0.3) is 0 Å². The van der Waals surface area contributed by atoms with Crippen LogP contribution in [0, 0.1) is 52.8 Å². The van der Waals surface area contributed by atoms with Gasteiger partial charge in [0.25, 0.3) is 0 Å². The minimum atomic E-state index is -4.47. The molecule has 5 aliphatic carbocycles. The molecule has 1 spiro atoms. The summed E-state index contributed by atoms with van der Waals surface area (Å²) in [6.07, 6.45) is -2.22. The molecule has 25 nitrogen and oxygen atoms in total. The molecule has 2 saturated heterocycles. The Hall–Kier alpha value is -7.08. The van der Waals surface area contributed by atoms with Crippen LogP contribution in [-0.4, -0.2) is 276 Å². The van der Waals surface area contributed by atoms with E-state index in [9.17, 15) is 55.1 Å². The third-order valence-electron chi connectivity index (χ3n) is 25.5. The largest absolute Gasteiger partial charge is 0.392 e. The summed E-state index contributed by atoms with van der Waals surface area (Å²) in [7, 11) is 11.2. The Morgan fingerprint density at radius 3 is 1.85 bits per heavy atom. The molecule has 3 aliphatic heterocycles. The summed E-state index contributed by atoms with van der Waals surface area (Å²) < 4.78 is 92.5. The maximum Gasteiger partial charge on any atom is 0.392 e. The Labute approximate surface area is 645 Å². The number of likely N-dealkylation sites (N-methyl/N-ethyl adjacent to an activating group) is 7. The van der Waals surface area contributed by atoms with E-state index in [2.05, 4.69) is 16.0 Å². The Morgan fingerprint density at radius 1 is 0.627 bits per heavy atom. The van der Waals surface area contributed by atoms with E-state index in [1.807, 2.05) is 13.8 Å². The molecule has 3 unspecified atom stereocenters. The van der Waals surface area contributed by atoms with Crippen LogP contribution >= 0.6 is 0 Å². The lowest BCUT2D eigenvalue weighted by Crippen LogP contribution is -2.71. The SMILES string of the molecule is CCC[C@H]1C(=O)N[C@@H]([C@@H](C)CC)C(=O)N(C)CC(=O)N(C)[C@H]2C/C=C\CCN(C2=O)[C@@H](CC2CCC(C(F)(F)F)CC2)C(=O)N(C)CC(=O)N[C@@H](CCC2CCC(C(F)(F)F)C(C3CC3)C2)C(=O)N2C[C@H](OCC)C[C@H]2C(=O)NC2(CC(C)(C)C2)C(=O)N(C)[C@@H](C2CCCC2)C(=O)N(C)[C@H](C(=O)N(C)C)CC(=O)N1C. The number of fused-ring (bicyclic) bond motifs is 3. The monoisotopic (exact) mass is 1560 g/mol. The molecule has 31 heteroatoms. The fourth-order valence-corrected chi connectivity index (χ4v) is 19.0. The van der Waals surface area contributed by atoms with Gasteiger partial charge in [0.2, 0.25) is 70.9 Å². The van der Waals surface area contributed by atoms with Gasteiger partial charge in [0, 0.05) is 82.5 Å². The normalized spacial score (nSPS) is 32.1. The molecule has 0 aromatic carbocycles. The van der Waals surface area contributed by atoms with Crippen molar-refractivity contribution in [1.82, 2.24) is 60.0 Å². The molecule has 2 bridgehead atoms. The molecule has 620 valence electrons. The molecule has 12 amide bonds. The van der Waals surface area contributed by atoms with E-state index >= 15 is 28.8 Å². The van der Waals surface area contributed by atoms with Crippen LogP contribution in [0.4, 0.5) is 26.3 Å². The van der Waals surface area contributed by atoms with Crippen LogP contribution < -0.4 is 16.0 Å². The first kappa shape index (κ1) is 88.5. The van der Waals surface area contributed by atoms with Crippen molar-refractivity contribution in [2.75, 3.05) is 89.2 Å². The summed E-state index contributed by atoms with van der Waals surface area (Å²) in [5.74, 6) is -14.3. The Morgan fingerprint density at radius 2 is 1.26 bits per heavy atom. The number of rotatable bonds is 14. The van der Waals surface area contributed by atoms with Gasteiger partial charge in [0.15, 0.2) is 0 Å². The first-order chi connectivity index (χ1) is 51.6. The second-order valence-corrected chi connectivity index (χ2v) is 34.4. The molecule has 3 N–H and O–H groups in total. The maximum absolute atomic E-state index is 15.8. The molecule has 5 saturated carbocycles.